The molecule has 0 saturated carbocycles. The second-order valence-corrected chi connectivity index (χ2v) is 5.48. The standard InChI is InChI=1S/C18H14FNO4/c1-3-15-17(13-6-5-12(19)9-16(13)24-15)18(21)11-4-7-14(20(22)23)10(2)8-11/h4-9H,3H2,1-2H3. The SMILES string of the molecule is CCc1oc2cc(F)ccc2c1C(=O)c1ccc([N+](=O)[O-])c(C)c1. The molecule has 1 heterocycles. The van der Waals surface area contributed by atoms with Gasteiger partial charge >= 0.3 is 0 Å². The highest BCUT2D eigenvalue weighted by molar-refractivity contribution is 6.17. The molecule has 0 fully saturated rings. The number of rotatable bonds is 4. The summed E-state index contributed by atoms with van der Waals surface area (Å²) in [7, 11) is 0. The van der Waals surface area contributed by atoms with E-state index in [9.17, 15) is 19.3 Å². The number of halogens is 1. The zero-order valence-corrected chi connectivity index (χ0v) is 13.1. The number of fused-ring (bicyclic) bond motifs is 1. The lowest BCUT2D eigenvalue weighted by Crippen LogP contribution is -2.04. The second kappa shape index (κ2) is 5.88. The van der Waals surface area contributed by atoms with Crippen LogP contribution in [0.5, 0.6) is 0 Å². The summed E-state index contributed by atoms with van der Waals surface area (Å²) in [5, 5.41) is 11.4. The third-order valence-corrected chi connectivity index (χ3v) is 3.93. The molecule has 0 amide bonds. The number of furan rings is 1. The fourth-order valence-corrected chi connectivity index (χ4v) is 2.76. The Balaban J connectivity index is 2.15. The number of hydrogen-bond acceptors (Lipinski definition) is 4. The predicted molar refractivity (Wildman–Crippen MR) is 86.8 cm³/mol. The zero-order valence-electron chi connectivity index (χ0n) is 13.1. The summed E-state index contributed by atoms with van der Waals surface area (Å²) in [6, 6.07) is 8.26. The van der Waals surface area contributed by atoms with Crippen LogP contribution in [0.2, 0.25) is 0 Å². The minimum atomic E-state index is -0.489. The van der Waals surface area contributed by atoms with Gasteiger partial charge in [0, 0.05) is 35.1 Å². The fourth-order valence-electron chi connectivity index (χ4n) is 2.76. The van der Waals surface area contributed by atoms with Crippen LogP contribution in [0.3, 0.4) is 0 Å². The first-order chi connectivity index (χ1) is 11.4. The van der Waals surface area contributed by atoms with Crippen molar-refractivity contribution in [2.24, 2.45) is 0 Å². The number of benzene rings is 2. The van der Waals surface area contributed by atoms with Crippen LogP contribution in [-0.2, 0) is 6.42 Å². The molecule has 3 rings (SSSR count). The molecule has 3 aromatic rings. The van der Waals surface area contributed by atoms with E-state index in [1.54, 1.807) is 6.92 Å². The lowest BCUT2D eigenvalue weighted by molar-refractivity contribution is -0.385. The molecule has 0 bridgehead atoms. The first-order valence-electron chi connectivity index (χ1n) is 7.43. The third-order valence-electron chi connectivity index (χ3n) is 3.93. The number of nitro groups is 1. The highest BCUT2D eigenvalue weighted by Gasteiger charge is 2.23. The molecule has 0 radical (unpaired) electrons. The van der Waals surface area contributed by atoms with Gasteiger partial charge in [0.15, 0.2) is 5.78 Å². The molecule has 6 heteroatoms. The lowest BCUT2D eigenvalue weighted by Gasteiger charge is -2.04. The summed E-state index contributed by atoms with van der Waals surface area (Å²) < 4.78 is 19.0. The molecule has 0 aliphatic rings. The molecule has 0 aliphatic heterocycles. The van der Waals surface area contributed by atoms with Crippen LogP contribution in [0, 0.1) is 22.9 Å². The van der Waals surface area contributed by atoms with Crippen LogP contribution in [0.25, 0.3) is 11.0 Å². The summed E-state index contributed by atoms with van der Waals surface area (Å²) >= 11 is 0. The summed E-state index contributed by atoms with van der Waals surface area (Å²) in [6.45, 7) is 3.42. The number of nitro benzene ring substituents is 1. The smallest absolute Gasteiger partial charge is 0.272 e. The van der Waals surface area contributed by atoms with E-state index >= 15 is 0 Å². The van der Waals surface area contributed by atoms with Crippen molar-refractivity contribution in [1.29, 1.82) is 0 Å². The van der Waals surface area contributed by atoms with Crippen LogP contribution in [0.15, 0.2) is 40.8 Å². The van der Waals surface area contributed by atoms with Crippen LogP contribution >= 0.6 is 0 Å². The van der Waals surface area contributed by atoms with Gasteiger partial charge in [-0.1, -0.05) is 6.92 Å². The summed E-state index contributed by atoms with van der Waals surface area (Å²) in [6.07, 6.45) is 0.476. The maximum Gasteiger partial charge on any atom is 0.272 e. The van der Waals surface area contributed by atoms with Crippen LogP contribution in [-0.4, -0.2) is 10.7 Å². The Bertz CT molecular complexity index is 975. The number of nitrogens with zero attached hydrogens (tertiary/aromatic N) is 1. The number of ketones is 1. The average Bonchev–Trinajstić information content (AvgIpc) is 2.91. The van der Waals surface area contributed by atoms with E-state index in [2.05, 4.69) is 0 Å². The van der Waals surface area contributed by atoms with Gasteiger partial charge in [0.25, 0.3) is 5.69 Å². The molecule has 2 aromatic carbocycles. The van der Waals surface area contributed by atoms with Crippen molar-refractivity contribution in [3.05, 3.63) is 74.8 Å². The minimum absolute atomic E-state index is 0.0404. The van der Waals surface area contributed by atoms with Gasteiger partial charge in [-0.2, -0.15) is 0 Å². The molecule has 0 spiro atoms. The molecule has 0 atom stereocenters. The zero-order chi connectivity index (χ0) is 17.4. The normalized spacial score (nSPS) is 11.0. The topological polar surface area (TPSA) is 73.3 Å². The minimum Gasteiger partial charge on any atom is -0.460 e. The van der Waals surface area contributed by atoms with Gasteiger partial charge in [-0.15, -0.1) is 0 Å². The van der Waals surface area contributed by atoms with Crippen molar-refractivity contribution in [2.75, 3.05) is 0 Å². The first kappa shape index (κ1) is 15.9. The number of hydrogen-bond donors (Lipinski definition) is 0. The maximum absolute atomic E-state index is 13.4. The van der Waals surface area contributed by atoms with E-state index in [-0.39, 0.29) is 11.5 Å². The Kier molecular flexibility index (Phi) is 3.89. The van der Waals surface area contributed by atoms with Crippen molar-refractivity contribution in [1.82, 2.24) is 0 Å². The third kappa shape index (κ3) is 2.56. The van der Waals surface area contributed by atoms with Crippen LogP contribution in [0.4, 0.5) is 10.1 Å². The molecule has 24 heavy (non-hydrogen) atoms. The van der Waals surface area contributed by atoms with Gasteiger partial charge in [0.2, 0.25) is 0 Å². The van der Waals surface area contributed by atoms with E-state index in [1.807, 2.05) is 6.92 Å². The molecule has 122 valence electrons. The fraction of sp³-hybridized carbons (Fsp3) is 0.167. The Morgan fingerprint density at radius 2 is 2.00 bits per heavy atom. The Morgan fingerprint density at radius 1 is 1.25 bits per heavy atom. The highest BCUT2D eigenvalue weighted by Crippen LogP contribution is 2.30. The predicted octanol–water partition coefficient (Wildman–Crippen LogP) is 4.58. The van der Waals surface area contributed by atoms with E-state index in [0.29, 0.717) is 39.8 Å². The molecular weight excluding hydrogens is 313 g/mol. The molecule has 0 N–H and O–H groups in total. The molecule has 1 aromatic heterocycles. The van der Waals surface area contributed by atoms with Crippen molar-refractivity contribution in [2.45, 2.75) is 20.3 Å². The van der Waals surface area contributed by atoms with Gasteiger partial charge in [0.1, 0.15) is 17.2 Å². The van der Waals surface area contributed by atoms with E-state index < -0.39 is 10.7 Å². The number of carbonyl (C=O) groups excluding carboxylic acids is 1. The van der Waals surface area contributed by atoms with Crippen molar-refractivity contribution in [3.63, 3.8) is 0 Å². The Labute approximate surface area is 136 Å². The van der Waals surface area contributed by atoms with Gasteiger partial charge in [-0.3, -0.25) is 14.9 Å². The van der Waals surface area contributed by atoms with E-state index in [1.165, 1.54) is 36.4 Å². The molecule has 5 nitrogen and oxygen atoms in total. The lowest BCUT2D eigenvalue weighted by atomic mass is 9.97. The van der Waals surface area contributed by atoms with Crippen LogP contribution in [0.1, 0.15) is 34.2 Å². The molecule has 0 aliphatic carbocycles. The van der Waals surface area contributed by atoms with Crippen molar-refractivity contribution >= 4 is 22.4 Å². The largest absolute Gasteiger partial charge is 0.460 e. The second-order valence-electron chi connectivity index (χ2n) is 5.48. The van der Waals surface area contributed by atoms with Crippen molar-refractivity contribution < 1.29 is 18.5 Å². The van der Waals surface area contributed by atoms with Gasteiger partial charge in [-0.05, 0) is 31.2 Å². The van der Waals surface area contributed by atoms with E-state index in [4.69, 9.17) is 4.42 Å². The summed E-state index contributed by atoms with van der Waals surface area (Å²) in [5.41, 5.74) is 1.39. The average molecular weight is 327 g/mol. The Hall–Kier alpha value is -3.02. The quantitative estimate of drug-likeness (QED) is 0.399. The molecule has 0 unspecified atom stereocenters. The Morgan fingerprint density at radius 3 is 2.62 bits per heavy atom. The molecule has 0 saturated heterocycles. The van der Waals surface area contributed by atoms with Gasteiger partial charge in [-0.25, -0.2) is 4.39 Å². The monoisotopic (exact) mass is 327 g/mol. The van der Waals surface area contributed by atoms with Gasteiger partial charge in [0.05, 0.1) is 10.5 Å². The number of aryl methyl sites for hydroxylation is 2. The number of carbonyl (C=O) groups is 1. The van der Waals surface area contributed by atoms with Crippen LogP contribution < -0.4 is 0 Å². The summed E-state index contributed by atoms with van der Waals surface area (Å²) in [4.78, 5) is 23.3. The molecular formula is C18H14FNO4. The van der Waals surface area contributed by atoms with Crippen molar-refractivity contribution in [3.8, 4) is 0 Å². The maximum atomic E-state index is 13.4. The summed E-state index contributed by atoms with van der Waals surface area (Å²) in [5.74, 6) is -0.268. The highest BCUT2D eigenvalue weighted by atomic mass is 19.1. The van der Waals surface area contributed by atoms with E-state index in [0.717, 1.165) is 0 Å². The first-order valence-corrected chi connectivity index (χ1v) is 7.43. The van der Waals surface area contributed by atoms with Gasteiger partial charge < -0.3 is 4.42 Å².